The predicted octanol–water partition coefficient (Wildman–Crippen LogP) is 3.62. The molecule has 1 amide bonds. The molecule has 1 aromatic carbocycles. The summed E-state index contributed by atoms with van der Waals surface area (Å²) in [6, 6.07) is 12.3. The number of piperidine rings is 1. The highest BCUT2D eigenvalue weighted by Crippen LogP contribution is 2.30. The number of nitrogens with zero attached hydrogens (tertiary/aromatic N) is 2. The van der Waals surface area contributed by atoms with Gasteiger partial charge < -0.3 is 4.90 Å². The van der Waals surface area contributed by atoms with Crippen molar-refractivity contribution in [3.63, 3.8) is 0 Å². The molecular weight excluding hydrogens is 286 g/mol. The number of amides is 1. The number of aryl methyl sites for hydroxylation is 1. The van der Waals surface area contributed by atoms with Crippen LogP contribution in [-0.2, 0) is 4.79 Å². The van der Waals surface area contributed by atoms with Crippen LogP contribution < -0.4 is 0 Å². The summed E-state index contributed by atoms with van der Waals surface area (Å²) >= 11 is 0. The van der Waals surface area contributed by atoms with Crippen LogP contribution >= 0.6 is 0 Å². The van der Waals surface area contributed by atoms with Crippen molar-refractivity contribution in [1.82, 2.24) is 15.1 Å². The van der Waals surface area contributed by atoms with E-state index in [2.05, 4.69) is 35.3 Å². The summed E-state index contributed by atoms with van der Waals surface area (Å²) in [5, 5.41) is 7.40. The predicted molar refractivity (Wildman–Crippen MR) is 91.4 cm³/mol. The maximum absolute atomic E-state index is 12.9. The molecule has 1 N–H and O–H groups in total. The fraction of sp³-hybridized carbons (Fsp3) is 0.474. The average Bonchev–Trinajstić information content (AvgIpc) is 3.03. The van der Waals surface area contributed by atoms with Gasteiger partial charge in [-0.3, -0.25) is 9.89 Å². The van der Waals surface area contributed by atoms with Crippen LogP contribution in [-0.4, -0.2) is 34.1 Å². The lowest BCUT2D eigenvalue weighted by Gasteiger charge is -2.33. The molecule has 1 aliphatic heterocycles. The Morgan fingerprint density at radius 2 is 2.00 bits per heavy atom. The Hall–Kier alpha value is -2.10. The average molecular weight is 311 g/mol. The number of carbonyl (C=O) groups is 1. The number of benzene rings is 1. The van der Waals surface area contributed by atoms with Gasteiger partial charge in [0.15, 0.2) is 0 Å². The van der Waals surface area contributed by atoms with Gasteiger partial charge in [0.25, 0.3) is 0 Å². The molecule has 1 fully saturated rings. The standard InChI is InChI=1S/C19H25N3O/c1-3-17(15-7-5-4-6-8-15)19(23)22-11-9-16(10-12-22)18-13-14(2)20-21-18/h4-8,13,16-17H,3,9-12H2,1-2H3,(H,20,21). The third-order valence-electron chi connectivity index (χ3n) is 4.86. The number of hydrogen-bond acceptors (Lipinski definition) is 2. The third-order valence-corrected chi connectivity index (χ3v) is 4.86. The van der Waals surface area contributed by atoms with Gasteiger partial charge in [-0.2, -0.15) is 5.10 Å². The monoisotopic (exact) mass is 311 g/mol. The van der Waals surface area contributed by atoms with Crippen LogP contribution in [0.4, 0.5) is 0 Å². The maximum Gasteiger partial charge on any atom is 0.230 e. The molecule has 23 heavy (non-hydrogen) atoms. The highest BCUT2D eigenvalue weighted by atomic mass is 16.2. The van der Waals surface area contributed by atoms with Crippen molar-refractivity contribution in [3.05, 3.63) is 53.3 Å². The number of H-pyrrole nitrogens is 1. The van der Waals surface area contributed by atoms with Crippen molar-refractivity contribution < 1.29 is 4.79 Å². The molecule has 2 aromatic rings. The summed E-state index contributed by atoms with van der Waals surface area (Å²) in [6.07, 6.45) is 2.85. The number of rotatable bonds is 4. The number of nitrogens with one attached hydrogen (secondary N) is 1. The van der Waals surface area contributed by atoms with Gasteiger partial charge in [0, 0.05) is 24.7 Å². The number of carbonyl (C=O) groups excluding carboxylic acids is 1. The molecule has 0 spiro atoms. The van der Waals surface area contributed by atoms with Crippen molar-refractivity contribution in [2.24, 2.45) is 0 Å². The van der Waals surface area contributed by atoms with Crippen molar-refractivity contribution in [2.45, 2.75) is 44.9 Å². The fourth-order valence-electron chi connectivity index (χ4n) is 3.50. The van der Waals surface area contributed by atoms with Gasteiger partial charge in [0.2, 0.25) is 5.91 Å². The second-order valence-corrected chi connectivity index (χ2v) is 6.45. The Labute approximate surface area is 137 Å². The molecule has 4 heteroatoms. The molecule has 1 aliphatic rings. The smallest absolute Gasteiger partial charge is 0.230 e. The van der Waals surface area contributed by atoms with Crippen LogP contribution in [0.25, 0.3) is 0 Å². The second kappa shape index (κ2) is 6.99. The summed E-state index contributed by atoms with van der Waals surface area (Å²) in [7, 11) is 0. The van der Waals surface area contributed by atoms with Gasteiger partial charge in [0.05, 0.1) is 11.6 Å². The van der Waals surface area contributed by atoms with E-state index < -0.39 is 0 Å². The Morgan fingerprint density at radius 3 is 2.57 bits per heavy atom. The van der Waals surface area contributed by atoms with Gasteiger partial charge >= 0.3 is 0 Å². The molecule has 0 saturated carbocycles. The lowest BCUT2D eigenvalue weighted by atomic mass is 9.90. The van der Waals surface area contributed by atoms with Gasteiger partial charge in [-0.05, 0) is 37.8 Å². The maximum atomic E-state index is 12.9. The molecule has 1 saturated heterocycles. The molecule has 3 rings (SSSR count). The lowest BCUT2D eigenvalue weighted by molar-refractivity contribution is -0.134. The van der Waals surface area contributed by atoms with Crippen molar-refractivity contribution >= 4 is 5.91 Å². The van der Waals surface area contributed by atoms with Crippen LogP contribution in [0.3, 0.4) is 0 Å². The van der Waals surface area contributed by atoms with Gasteiger partial charge in [-0.15, -0.1) is 0 Å². The first-order chi connectivity index (χ1) is 11.2. The molecule has 0 bridgehead atoms. The van der Waals surface area contributed by atoms with E-state index in [1.165, 1.54) is 0 Å². The zero-order valence-electron chi connectivity index (χ0n) is 14.0. The van der Waals surface area contributed by atoms with E-state index in [1.807, 2.05) is 30.0 Å². The highest BCUT2D eigenvalue weighted by molar-refractivity contribution is 5.83. The lowest BCUT2D eigenvalue weighted by Crippen LogP contribution is -2.40. The first-order valence-electron chi connectivity index (χ1n) is 8.54. The molecule has 1 unspecified atom stereocenters. The van der Waals surface area contributed by atoms with E-state index in [0.717, 1.165) is 49.3 Å². The molecule has 1 aromatic heterocycles. The number of aromatic nitrogens is 2. The van der Waals surface area contributed by atoms with Crippen molar-refractivity contribution in [2.75, 3.05) is 13.1 Å². The van der Waals surface area contributed by atoms with E-state index in [4.69, 9.17) is 0 Å². The molecule has 0 aliphatic carbocycles. The van der Waals surface area contributed by atoms with Crippen LogP contribution in [0, 0.1) is 6.92 Å². The minimum absolute atomic E-state index is 0.0135. The molecule has 4 nitrogen and oxygen atoms in total. The molecule has 1 atom stereocenters. The van der Waals surface area contributed by atoms with Crippen LogP contribution in [0.2, 0.25) is 0 Å². The fourth-order valence-corrected chi connectivity index (χ4v) is 3.50. The Kier molecular flexibility index (Phi) is 4.79. The van der Waals surface area contributed by atoms with Crippen LogP contribution in [0.5, 0.6) is 0 Å². The van der Waals surface area contributed by atoms with E-state index in [1.54, 1.807) is 0 Å². The summed E-state index contributed by atoms with van der Waals surface area (Å²) in [4.78, 5) is 14.9. The topological polar surface area (TPSA) is 49.0 Å². The summed E-state index contributed by atoms with van der Waals surface area (Å²) in [5.74, 6) is 0.733. The van der Waals surface area contributed by atoms with Crippen LogP contribution in [0.15, 0.2) is 36.4 Å². The molecule has 122 valence electrons. The Morgan fingerprint density at radius 1 is 1.30 bits per heavy atom. The Bertz CT molecular complexity index is 642. The van der Waals surface area contributed by atoms with E-state index in [9.17, 15) is 4.79 Å². The van der Waals surface area contributed by atoms with E-state index in [0.29, 0.717) is 5.92 Å². The Balaban J connectivity index is 1.63. The molecule has 2 heterocycles. The number of aromatic amines is 1. The van der Waals surface area contributed by atoms with Crippen molar-refractivity contribution in [3.8, 4) is 0 Å². The largest absolute Gasteiger partial charge is 0.342 e. The summed E-state index contributed by atoms with van der Waals surface area (Å²) in [5.41, 5.74) is 3.38. The van der Waals surface area contributed by atoms with Crippen LogP contribution in [0.1, 0.15) is 55.0 Å². The normalized spacial score (nSPS) is 17.2. The minimum Gasteiger partial charge on any atom is -0.342 e. The summed E-state index contributed by atoms with van der Waals surface area (Å²) < 4.78 is 0. The highest BCUT2D eigenvalue weighted by Gasteiger charge is 2.29. The van der Waals surface area contributed by atoms with Gasteiger partial charge in [-0.1, -0.05) is 37.3 Å². The zero-order chi connectivity index (χ0) is 16.2. The SMILES string of the molecule is CCC(C(=O)N1CCC(c2cc(C)[nH]n2)CC1)c1ccccc1. The second-order valence-electron chi connectivity index (χ2n) is 6.45. The van der Waals surface area contributed by atoms with E-state index >= 15 is 0 Å². The first-order valence-corrected chi connectivity index (χ1v) is 8.54. The quantitative estimate of drug-likeness (QED) is 0.937. The zero-order valence-corrected chi connectivity index (χ0v) is 14.0. The van der Waals surface area contributed by atoms with Crippen molar-refractivity contribution in [1.29, 1.82) is 0 Å². The van der Waals surface area contributed by atoms with Gasteiger partial charge in [-0.25, -0.2) is 0 Å². The number of hydrogen-bond donors (Lipinski definition) is 1. The van der Waals surface area contributed by atoms with Gasteiger partial charge in [0.1, 0.15) is 0 Å². The third kappa shape index (κ3) is 3.46. The molecular formula is C19H25N3O. The number of likely N-dealkylation sites (tertiary alicyclic amines) is 1. The minimum atomic E-state index is -0.0135. The first kappa shape index (κ1) is 15.8. The van der Waals surface area contributed by atoms with E-state index in [-0.39, 0.29) is 11.8 Å². The molecule has 0 radical (unpaired) electrons. The summed E-state index contributed by atoms with van der Waals surface area (Å²) in [6.45, 7) is 5.78.